The smallest absolute Gasteiger partial charge is 0.103 e. The van der Waals surface area contributed by atoms with Gasteiger partial charge in [-0.1, -0.05) is 0 Å². The highest BCUT2D eigenvalue weighted by molar-refractivity contribution is 4.98. The number of nitrogens with zero attached hydrogens (tertiary/aromatic N) is 2. The summed E-state index contributed by atoms with van der Waals surface area (Å²) in [5, 5.41) is 3.61. The summed E-state index contributed by atoms with van der Waals surface area (Å²) in [4.78, 5) is 4.95. The van der Waals surface area contributed by atoms with Crippen LogP contribution in [0.3, 0.4) is 0 Å². The van der Waals surface area contributed by atoms with Crippen molar-refractivity contribution >= 4 is 0 Å². The Kier molecular flexibility index (Phi) is 5.89. The van der Waals surface area contributed by atoms with Crippen LogP contribution in [-0.4, -0.2) is 62.2 Å². The van der Waals surface area contributed by atoms with E-state index in [1.807, 2.05) is 6.07 Å². The van der Waals surface area contributed by atoms with E-state index < -0.39 is 0 Å². The van der Waals surface area contributed by atoms with Crippen molar-refractivity contribution in [1.29, 1.82) is 0 Å². The van der Waals surface area contributed by atoms with Crippen LogP contribution in [0.4, 0.5) is 0 Å². The zero-order chi connectivity index (χ0) is 13.5. The molecule has 1 N–H and O–H groups in total. The molecule has 1 saturated heterocycles. The molecular formula is C15H27N3O. The Balaban J connectivity index is 1.52. The minimum absolute atomic E-state index is 0.553. The molecule has 0 aliphatic carbocycles. The second-order valence-electron chi connectivity index (χ2n) is 5.62. The van der Waals surface area contributed by atoms with Gasteiger partial charge in [0.15, 0.2) is 0 Å². The monoisotopic (exact) mass is 265 g/mol. The van der Waals surface area contributed by atoms with E-state index in [1.165, 1.54) is 32.7 Å². The minimum atomic E-state index is 0.553. The lowest BCUT2D eigenvalue weighted by Crippen LogP contribution is -2.47. The van der Waals surface area contributed by atoms with E-state index in [9.17, 15) is 0 Å². The second kappa shape index (κ2) is 7.68. The lowest BCUT2D eigenvalue weighted by molar-refractivity contribution is 0.153. The molecule has 2 heterocycles. The Labute approximate surface area is 116 Å². The van der Waals surface area contributed by atoms with Crippen LogP contribution < -0.4 is 5.32 Å². The number of nitrogens with one attached hydrogen (secondary N) is 1. The fourth-order valence-electron chi connectivity index (χ4n) is 2.46. The number of furan rings is 1. The highest BCUT2D eigenvalue weighted by Gasteiger charge is 2.13. The van der Waals surface area contributed by atoms with E-state index in [0.717, 1.165) is 25.1 Å². The van der Waals surface area contributed by atoms with E-state index in [4.69, 9.17) is 4.42 Å². The first kappa shape index (κ1) is 14.6. The molecule has 4 nitrogen and oxygen atoms in total. The second-order valence-corrected chi connectivity index (χ2v) is 5.62. The van der Waals surface area contributed by atoms with Crippen molar-refractivity contribution in [3.63, 3.8) is 0 Å². The summed E-state index contributed by atoms with van der Waals surface area (Å²) in [5.74, 6) is 1.09. The van der Waals surface area contributed by atoms with Gasteiger partial charge in [-0.3, -0.25) is 4.90 Å². The first-order valence-electron chi connectivity index (χ1n) is 7.40. The summed E-state index contributed by atoms with van der Waals surface area (Å²) in [6.45, 7) is 9.33. The molecule has 0 radical (unpaired) electrons. The third kappa shape index (κ3) is 5.35. The lowest BCUT2D eigenvalue weighted by Gasteiger charge is -2.32. The number of hydrogen-bond donors (Lipinski definition) is 1. The van der Waals surface area contributed by atoms with Crippen LogP contribution >= 0.6 is 0 Å². The van der Waals surface area contributed by atoms with Gasteiger partial charge in [0.05, 0.1) is 6.26 Å². The predicted molar refractivity (Wildman–Crippen MR) is 78.4 cm³/mol. The van der Waals surface area contributed by atoms with E-state index in [0.29, 0.717) is 6.04 Å². The molecule has 4 heteroatoms. The van der Waals surface area contributed by atoms with Gasteiger partial charge in [-0.25, -0.2) is 0 Å². The van der Waals surface area contributed by atoms with Gasteiger partial charge >= 0.3 is 0 Å². The van der Waals surface area contributed by atoms with Gasteiger partial charge in [-0.05, 0) is 32.5 Å². The van der Waals surface area contributed by atoms with Gasteiger partial charge in [0.2, 0.25) is 0 Å². The highest BCUT2D eigenvalue weighted by Crippen LogP contribution is 2.05. The van der Waals surface area contributed by atoms with E-state index in [1.54, 1.807) is 6.26 Å². The summed E-state index contributed by atoms with van der Waals surface area (Å²) in [5.41, 5.74) is 0. The number of aryl methyl sites for hydroxylation is 1. The fourth-order valence-corrected chi connectivity index (χ4v) is 2.46. The van der Waals surface area contributed by atoms with Crippen LogP contribution in [0.25, 0.3) is 0 Å². The van der Waals surface area contributed by atoms with Crippen LogP contribution in [0.5, 0.6) is 0 Å². The fraction of sp³-hybridized carbons (Fsp3) is 0.733. The molecule has 1 aliphatic heterocycles. The molecule has 1 atom stereocenters. The quantitative estimate of drug-likeness (QED) is 0.808. The molecule has 2 rings (SSSR count). The van der Waals surface area contributed by atoms with E-state index >= 15 is 0 Å². The van der Waals surface area contributed by atoms with Crippen molar-refractivity contribution < 1.29 is 4.42 Å². The molecule has 0 amide bonds. The lowest BCUT2D eigenvalue weighted by atomic mass is 10.1. The van der Waals surface area contributed by atoms with Gasteiger partial charge < -0.3 is 14.6 Å². The number of hydrogen-bond acceptors (Lipinski definition) is 4. The summed E-state index contributed by atoms with van der Waals surface area (Å²) in [6.07, 6.45) is 3.91. The van der Waals surface area contributed by atoms with Crippen molar-refractivity contribution in [2.75, 3.05) is 46.3 Å². The summed E-state index contributed by atoms with van der Waals surface area (Å²) in [6, 6.07) is 4.56. The Morgan fingerprint density at radius 3 is 2.79 bits per heavy atom. The van der Waals surface area contributed by atoms with Crippen LogP contribution in [0.2, 0.25) is 0 Å². The molecule has 19 heavy (non-hydrogen) atoms. The normalized spacial score (nSPS) is 19.7. The zero-order valence-corrected chi connectivity index (χ0v) is 12.3. The standard InChI is InChI=1S/C15H27N3O/c1-14(5-6-15-4-3-13-19-15)16-7-8-18-11-9-17(2)10-12-18/h3-4,13-14,16H,5-12H2,1-2H3. The molecular weight excluding hydrogens is 238 g/mol. The summed E-state index contributed by atoms with van der Waals surface area (Å²) < 4.78 is 5.35. The maximum Gasteiger partial charge on any atom is 0.103 e. The minimum Gasteiger partial charge on any atom is -0.469 e. The third-order valence-corrected chi connectivity index (χ3v) is 3.92. The largest absolute Gasteiger partial charge is 0.469 e. The molecule has 1 fully saturated rings. The van der Waals surface area contributed by atoms with Crippen LogP contribution in [0, 0.1) is 0 Å². The first-order valence-corrected chi connectivity index (χ1v) is 7.40. The van der Waals surface area contributed by atoms with E-state index in [-0.39, 0.29) is 0 Å². The van der Waals surface area contributed by atoms with Gasteiger partial charge in [0, 0.05) is 51.7 Å². The molecule has 1 aromatic rings. The van der Waals surface area contributed by atoms with Crippen LogP contribution in [-0.2, 0) is 6.42 Å². The van der Waals surface area contributed by atoms with Crippen molar-refractivity contribution in [3.05, 3.63) is 24.2 Å². The molecule has 0 spiro atoms. The van der Waals surface area contributed by atoms with Gasteiger partial charge in [0.25, 0.3) is 0 Å². The Morgan fingerprint density at radius 1 is 1.32 bits per heavy atom. The maximum absolute atomic E-state index is 5.35. The van der Waals surface area contributed by atoms with Crippen LogP contribution in [0.1, 0.15) is 19.1 Å². The average Bonchev–Trinajstić information content (AvgIpc) is 2.92. The molecule has 1 aliphatic rings. The molecule has 0 saturated carbocycles. The number of rotatable bonds is 7. The van der Waals surface area contributed by atoms with Crippen molar-refractivity contribution in [2.24, 2.45) is 0 Å². The topological polar surface area (TPSA) is 31.7 Å². The Bertz CT molecular complexity index is 331. The maximum atomic E-state index is 5.35. The van der Waals surface area contributed by atoms with Crippen molar-refractivity contribution in [1.82, 2.24) is 15.1 Å². The first-order chi connectivity index (χ1) is 9.24. The molecule has 1 unspecified atom stereocenters. The molecule has 0 aromatic carbocycles. The molecule has 108 valence electrons. The number of piperazine rings is 1. The van der Waals surface area contributed by atoms with Gasteiger partial charge in [-0.15, -0.1) is 0 Å². The summed E-state index contributed by atoms with van der Waals surface area (Å²) in [7, 11) is 2.20. The molecule has 1 aromatic heterocycles. The van der Waals surface area contributed by atoms with E-state index in [2.05, 4.69) is 35.2 Å². The highest BCUT2D eigenvalue weighted by atomic mass is 16.3. The SMILES string of the molecule is CC(CCc1ccco1)NCCN1CCN(C)CC1. The third-order valence-electron chi connectivity index (χ3n) is 3.92. The van der Waals surface area contributed by atoms with Crippen molar-refractivity contribution in [2.45, 2.75) is 25.8 Å². The van der Waals surface area contributed by atoms with Gasteiger partial charge in [-0.2, -0.15) is 0 Å². The average molecular weight is 265 g/mol. The molecule has 0 bridgehead atoms. The van der Waals surface area contributed by atoms with Crippen LogP contribution in [0.15, 0.2) is 22.8 Å². The Morgan fingerprint density at radius 2 is 2.11 bits per heavy atom. The predicted octanol–water partition coefficient (Wildman–Crippen LogP) is 1.44. The summed E-state index contributed by atoms with van der Waals surface area (Å²) >= 11 is 0. The Hall–Kier alpha value is -0.840. The van der Waals surface area contributed by atoms with Crippen molar-refractivity contribution in [3.8, 4) is 0 Å². The zero-order valence-electron chi connectivity index (χ0n) is 12.3. The van der Waals surface area contributed by atoms with Gasteiger partial charge in [0.1, 0.15) is 5.76 Å². The number of likely N-dealkylation sites (N-methyl/N-ethyl adjacent to an activating group) is 1.